The average molecular weight is 298 g/mol. The number of ether oxygens (including phenoxy) is 2. The maximum atomic E-state index is 12.1. The van der Waals surface area contributed by atoms with Gasteiger partial charge in [0.15, 0.2) is 0 Å². The number of nitrogens with zero attached hydrogens (tertiary/aromatic N) is 1. The van der Waals surface area contributed by atoms with Crippen LogP contribution in [0, 0.1) is 5.92 Å². The normalized spacial score (nSPS) is 16.4. The van der Waals surface area contributed by atoms with Crippen molar-refractivity contribution in [2.45, 2.75) is 32.6 Å². The van der Waals surface area contributed by atoms with Gasteiger partial charge in [-0.05, 0) is 36.8 Å². The number of pyridine rings is 1. The minimum Gasteiger partial charge on any atom is -0.462 e. The number of carbonyl (C=O) groups excluding carboxylic acids is 1. The minimum atomic E-state index is -0.331. The molecule has 0 N–H and O–H groups in total. The number of rotatable bonds is 4. The van der Waals surface area contributed by atoms with E-state index in [1.807, 2.05) is 13.8 Å². The van der Waals surface area contributed by atoms with Crippen molar-refractivity contribution < 1.29 is 14.3 Å². The lowest BCUT2D eigenvalue weighted by Gasteiger charge is -2.21. The molecule has 0 aliphatic carbocycles. The molecule has 20 heavy (non-hydrogen) atoms. The highest BCUT2D eigenvalue weighted by Gasteiger charge is 2.17. The van der Waals surface area contributed by atoms with Crippen LogP contribution in [0.2, 0.25) is 5.15 Å². The van der Waals surface area contributed by atoms with Gasteiger partial charge in [0.1, 0.15) is 5.15 Å². The van der Waals surface area contributed by atoms with E-state index >= 15 is 0 Å². The summed E-state index contributed by atoms with van der Waals surface area (Å²) in [6, 6.07) is 3.31. The molecule has 1 aliphatic heterocycles. The molecular weight excluding hydrogens is 278 g/mol. The van der Waals surface area contributed by atoms with Crippen molar-refractivity contribution in [3.63, 3.8) is 0 Å². The summed E-state index contributed by atoms with van der Waals surface area (Å²) in [5.74, 6) is 0.285. The average Bonchev–Trinajstić information content (AvgIpc) is 2.45. The van der Waals surface area contributed by atoms with E-state index < -0.39 is 0 Å². The molecule has 0 atom stereocenters. The molecule has 1 aromatic rings. The molecule has 1 saturated heterocycles. The summed E-state index contributed by atoms with van der Waals surface area (Å²) in [5, 5.41) is 0.328. The van der Waals surface area contributed by atoms with Crippen LogP contribution in [0.4, 0.5) is 0 Å². The second-order valence-electron chi connectivity index (χ2n) is 5.41. The van der Waals surface area contributed by atoms with Crippen LogP contribution in [0.1, 0.15) is 48.7 Å². The molecule has 2 heterocycles. The van der Waals surface area contributed by atoms with Crippen molar-refractivity contribution in [1.82, 2.24) is 4.98 Å². The zero-order valence-corrected chi connectivity index (χ0v) is 12.7. The number of aromatic nitrogens is 1. The Morgan fingerprint density at radius 1 is 1.45 bits per heavy atom. The molecule has 1 aromatic heterocycles. The maximum absolute atomic E-state index is 12.1. The number of esters is 1. The largest absolute Gasteiger partial charge is 0.462 e. The van der Waals surface area contributed by atoms with Crippen molar-refractivity contribution in [2.24, 2.45) is 5.92 Å². The summed E-state index contributed by atoms with van der Waals surface area (Å²) in [7, 11) is 0. The summed E-state index contributed by atoms with van der Waals surface area (Å²) in [4.78, 5) is 16.3. The smallest absolute Gasteiger partial charge is 0.338 e. The van der Waals surface area contributed by atoms with Crippen LogP contribution in [0.25, 0.3) is 0 Å². The lowest BCUT2D eigenvalue weighted by atomic mass is 10.0. The fraction of sp³-hybridized carbons (Fsp3) is 0.600. The third-order valence-corrected chi connectivity index (χ3v) is 3.63. The van der Waals surface area contributed by atoms with E-state index in [4.69, 9.17) is 21.1 Å². The van der Waals surface area contributed by atoms with Gasteiger partial charge in [0.25, 0.3) is 0 Å². The molecule has 0 spiro atoms. The first-order valence-electron chi connectivity index (χ1n) is 6.98. The highest BCUT2D eigenvalue weighted by atomic mass is 35.5. The minimum absolute atomic E-state index is 0.218. The summed E-state index contributed by atoms with van der Waals surface area (Å²) in [6.07, 6.45) is 1.89. The van der Waals surface area contributed by atoms with E-state index in [0.29, 0.717) is 23.2 Å². The van der Waals surface area contributed by atoms with E-state index in [2.05, 4.69) is 4.98 Å². The van der Waals surface area contributed by atoms with Crippen molar-refractivity contribution in [2.75, 3.05) is 19.8 Å². The molecule has 0 radical (unpaired) electrons. The predicted molar refractivity (Wildman–Crippen MR) is 77.2 cm³/mol. The zero-order valence-electron chi connectivity index (χ0n) is 11.9. The highest BCUT2D eigenvalue weighted by molar-refractivity contribution is 6.29. The van der Waals surface area contributed by atoms with Crippen LogP contribution in [0.15, 0.2) is 12.1 Å². The lowest BCUT2D eigenvalue weighted by Crippen LogP contribution is -2.22. The van der Waals surface area contributed by atoms with Gasteiger partial charge >= 0.3 is 5.97 Å². The van der Waals surface area contributed by atoms with Crippen LogP contribution >= 0.6 is 11.6 Å². The zero-order chi connectivity index (χ0) is 14.5. The van der Waals surface area contributed by atoms with Gasteiger partial charge in [-0.1, -0.05) is 25.4 Å². The monoisotopic (exact) mass is 297 g/mol. The molecule has 5 heteroatoms. The Kier molecular flexibility index (Phi) is 5.38. The SMILES string of the molecule is CC(C)c1cc(C(=O)OCC2CCOCC2)cc(Cl)n1. The van der Waals surface area contributed by atoms with Gasteiger partial charge in [-0.25, -0.2) is 9.78 Å². The summed E-state index contributed by atoms with van der Waals surface area (Å²) >= 11 is 5.95. The third kappa shape index (κ3) is 4.18. The fourth-order valence-electron chi connectivity index (χ4n) is 2.12. The van der Waals surface area contributed by atoms with E-state index in [1.54, 1.807) is 12.1 Å². The van der Waals surface area contributed by atoms with E-state index in [0.717, 1.165) is 31.7 Å². The summed E-state index contributed by atoms with van der Waals surface area (Å²) in [5.41, 5.74) is 1.27. The van der Waals surface area contributed by atoms with Gasteiger partial charge in [-0.3, -0.25) is 0 Å². The Balaban J connectivity index is 1.97. The van der Waals surface area contributed by atoms with Crippen LogP contribution < -0.4 is 0 Å². The fourth-order valence-corrected chi connectivity index (χ4v) is 2.34. The Morgan fingerprint density at radius 2 is 2.15 bits per heavy atom. The van der Waals surface area contributed by atoms with Crippen LogP contribution in [0.3, 0.4) is 0 Å². The molecule has 2 rings (SSSR count). The molecule has 0 bridgehead atoms. The molecule has 1 aliphatic rings. The number of carbonyl (C=O) groups is 1. The standard InChI is InChI=1S/C15H20ClNO3/c1-10(2)13-7-12(8-14(16)17-13)15(18)20-9-11-3-5-19-6-4-11/h7-8,10-11H,3-6,9H2,1-2H3. The van der Waals surface area contributed by atoms with Crippen molar-refractivity contribution in [1.29, 1.82) is 0 Å². The Labute approximate surface area is 124 Å². The first-order chi connectivity index (χ1) is 9.56. The number of hydrogen-bond donors (Lipinski definition) is 0. The molecule has 0 amide bonds. The van der Waals surface area contributed by atoms with Crippen LogP contribution in [-0.4, -0.2) is 30.8 Å². The van der Waals surface area contributed by atoms with E-state index in [1.165, 1.54) is 0 Å². The third-order valence-electron chi connectivity index (χ3n) is 3.43. The molecule has 110 valence electrons. The topological polar surface area (TPSA) is 48.4 Å². The van der Waals surface area contributed by atoms with Crippen molar-refractivity contribution >= 4 is 17.6 Å². The van der Waals surface area contributed by atoms with Gasteiger partial charge in [-0.15, -0.1) is 0 Å². The molecule has 1 fully saturated rings. The summed E-state index contributed by atoms with van der Waals surface area (Å²) < 4.78 is 10.7. The maximum Gasteiger partial charge on any atom is 0.338 e. The molecule has 4 nitrogen and oxygen atoms in total. The van der Waals surface area contributed by atoms with Crippen molar-refractivity contribution in [3.8, 4) is 0 Å². The van der Waals surface area contributed by atoms with Crippen LogP contribution in [-0.2, 0) is 9.47 Å². The van der Waals surface area contributed by atoms with Gasteiger partial charge in [0.2, 0.25) is 0 Å². The molecule has 0 saturated carbocycles. The Morgan fingerprint density at radius 3 is 2.80 bits per heavy atom. The highest BCUT2D eigenvalue weighted by Crippen LogP contribution is 2.19. The Hall–Kier alpha value is -1.13. The van der Waals surface area contributed by atoms with Crippen molar-refractivity contribution in [3.05, 3.63) is 28.5 Å². The van der Waals surface area contributed by atoms with Gasteiger partial charge in [-0.2, -0.15) is 0 Å². The number of halogens is 1. The molecular formula is C15H20ClNO3. The molecule has 0 aromatic carbocycles. The van der Waals surface area contributed by atoms with E-state index in [-0.39, 0.29) is 11.9 Å². The second kappa shape index (κ2) is 7.04. The second-order valence-corrected chi connectivity index (χ2v) is 5.80. The first-order valence-corrected chi connectivity index (χ1v) is 7.36. The quantitative estimate of drug-likeness (QED) is 0.631. The Bertz CT molecular complexity index is 470. The van der Waals surface area contributed by atoms with Crippen LogP contribution in [0.5, 0.6) is 0 Å². The van der Waals surface area contributed by atoms with Gasteiger partial charge < -0.3 is 9.47 Å². The number of hydrogen-bond acceptors (Lipinski definition) is 4. The van der Waals surface area contributed by atoms with E-state index in [9.17, 15) is 4.79 Å². The first kappa shape index (κ1) is 15.3. The molecule has 0 unspecified atom stereocenters. The lowest BCUT2D eigenvalue weighted by molar-refractivity contribution is 0.0185. The van der Waals surface area contributed by atoms with Gasteiger partial charge in [0.05, 0.1) is 12.2 Å². The van der Waals surface area contributed by atoms with Gasteiger partial charge in [0, 0.05) is 18.9 Å². The summed E-state index contributed by atoms with van der Waals surface area (Å²) in [6.45, 7) is 5.96. The predicted octanol–water partition coefficient (Wildman–Crippen LogP) is 3.44.